The first-order valence-corrected chi connectivity index (χ1v) is 7.16. The molecule has 0 N–H and O–H groups in total. The summed E-state index contributed by atoms with van der Waals surface area (Å²) in [6.45, 7) is 5.06. The molecule has 0 aromatic carbocycles. The van der Waals surface area contributed by atoms with Gasteiger partial charge in [0.1, 0.15) is 0 Å². The van der Waals surface area contributed by atoms with Gasteiger partial charge in [-0.05, 0) is 46.0 Å². The molecule has 0 saturated carbocycles. The summed E-state index contributed by atoms with van der Waals surface area (Å²) in [6.07, 6.45) is 5.76. The molecule has 0 amide bonds. The Bertz CT molecular complexity index is 239. The summed E-state index contributed by atoms with van der Waals surface area (Å²) in [6, 6.07) is 0. The Kier molecular flexibility index (Phi) is 4.70. The Hall–Kier alpha value is 0.170. The van der Waals surface area contributed by atoms with Crippen LogP contribution in [0.5, 0.6) is 0 Å². The van der Waals surface area contributed by atoms with Gasteiger partial charge in [-0.15, -0.1) is 11.6 Å². The van der Waals surface area contributed by atoms with Gasteiger partial charge in [-0.25, -0.2) is 0 Å². The van der Waals surface area contributed by atoms with E-state index in [4.69, 9.17) is 25.8 Å². The molecule has 4 heteroatoms. The highest BCUT2D eigenvalue weighted by molar-refractivity contribution is 6.18. The van der Waals surface area contributed by atoms with E-state index in [1.807, 2.05) is 0 Å². The Morgan fingerprint density at radius 1 is 1.41 bits per heavy atom. The molecule has 17 heavy (non-hydrogen) atoms. The van der Waals surface area contributed by atoms with Crippen molar-refractivity contribution in [3.63, 3.8) is 0 Å². The third kappa shape index (κ3) is 4.09. The second-order valence-corrected chi connectivity index (χ2v) is 5.80. The van der Waals surface area contributed by atoms with Gasteiger partial charge in [0, 0.05) is 12.5 Å². The third-order valence-corrected chi connectivity index (χ3v) is 3.91. The summed E-state index contributed by atoms with van der Waals surface area (Å²) >= 11 is 5.94. The highest BCUT2D eigenvalue weighted by Crippen LogP contribution is 2.38. The molecular formula is C13H23ClO3. The van der Waals surface area contributed by atoms with Crippen molar-refractivity contribution in [1.29, 1.82) is 0 Å². The highest BCUT2D eigenvalue weighted by Gasteiger charge is 2.47. The molecule has 0 radical (unpaired) electrons. The second kappa shape index (κ2) is 5.87. The van der Waals surface area contributed by atoms with E-state index >= 15 is 0 Å². The SMILES string of the molecule is CC1(C)OC1CCC(CCl)OC1CCCCO1. The molecule has 0 aromatic heterocycles. The van der Waals surface area contributed by atoms with Gasteiger partial charge in [0.25, 0.3) is 0 Å². The fourth-order valence-corrected chi connectivity index (χ4v) is 2.52. The van der Waals surface area contributed by atoms with Gasteiger partial charge in [0.2, 0.25) is 0 Å². The molecular weight excluding hydrogens is 240 g/mol. The smallest absolute Gasteiger partial charge is 0.158 e. The van der Waals surface area contributed by atoms with Gasteiger partial charge in [0.15, 0.2) is 6.29 Å². The van der Waals surface area contributed by atoms with Crippen LogP contribution < -0.4 is 0 Å². The minimum atomic E-state index is -0.0411. The van der Waals surface area contributed by atoms with E-state index in [0.29, 0.717) is 12.0 Å². The molecule has 2 aliphatic rings. The molecule has 2 aliphatic heterocycles. The molecule has 0 aromatic rings. The number of hydrogen-bond donors (Lipinski definition) is 0. The van der Waals surface area contributed by atoms with Crippen LogP contribution in [0.4, 0.5) is 0 Å². The van der Waals surface area contributed by atoms with Crippen LogP contribution in [0.2, 0.25) is 0 Å². The summed E-state index contributed by atoms with van der Waals surface area (Å²) in [5.74, 6) is 0.535. The van der Waals surface area contributed by atoms with Crippen LogP contribution in [0.1, 0.15) is 46.0 Å². The maximum Gasteiger partial charge on any atom is 0.158 e. The number of halogens is 1. The highest BCUT2D eigenvalue weighted by atomic mass is 35.5. The third-order valence-electron chi connectivity index (χ3n) is 3.57. The number of epoxide rings is 1. The fraction of sp³-hybridized carbons (Fsp3) is 1.00. The van der Waals surface area contributed by atoms with Crippen LogP contribution >= 0.6 is 11.6 Å². The fourth-order valence-electron chi connectivity index (χ4n) is 2.29. The average Bonchev–Trinajstić information content (AvgIpc) is 2.94. The summed E-state index contributed by atoms with van der Waals surface area (Å²) < 4.78 is 17.0. The predicted molar refractivity (Wildman–Crippen MR) is 67.4 cm³/mol. The van der Waals surface area contributed by atoms with E-state index in [1.165, 1.54) is 6.42 Å². The minimum Gasteiger partial charge on any atom is -0.367 e. The molecule has 0 aliphatic carbocycles. The molecule has 2 saturated heterocycles. The normalized spacial score (nSPS) is 33.4. The van der Waals surface area contributed by atoms with Gasteiger partial charge in [-0.1, -0.05) is 0 Å². The topological polar surface area (TPSA) is 31.0 Å². The summed E-state index contributed by atoms with van der Waals surface area (Å²) in [4.78, 5) is 0. The zero-order valence-corrected chi connectivity index (χ0v) is 11.5. The van der Waals surface area contributed by atoms with E-state index in [9.17, 15) is 0 Å². The Balaban J connectivity index is 1.65. The van der Waals surface area contributed by atoms with Gasteiger partial charge >= 0.3 is 0 Å². The van der Waals surface area contributed by atoms with Gasteiger partial charge < -0.3 is 14.2 Å². The van der Waals surface area contributed by atoms with Gasteiger partial charge in [-0.2, -0.15) is 0 Å². The molecule has 0 bridgehead atoms. The Morgan fingerprint density at radius 3 is 2.71 bits per heavy atom. The van der Waals surface area contributed by atoms with E-state index < -0.39 is 0 Å². The predicted octanol–water partition coefficient (Wildman–Crippen LogP) is 3.09. The largest absolute Gasteiger partial charge is 0.367 e. The van der Waals surface area contributed by atoms with Crippen LogP contribution in [0, 0.1) is 0 Å². The molecule has 2 fully saturated rings. The van der Waals surface area contributed by atoms with Crippen LogP contribution in [0.3, 0.4) is 0 Å². The lowest BCUT2D eigenvalue weighted by atomic mass is 10.0. The van der Waals surface area contributed by atoms with Crippen LogP contribution in [0.25, 0.3) is 0 Å². The first-order chi connectivity index (χ1) is 8.12. The minimum absolute atomic E-state index is 0.0411. The monoisotopic (exact) mass is 262 g/mol. The standard InChI is InChI=1S/C13H23ClO3/c1-13(2)11(17-13)7-6-10(9-14)16-12-5-3-4-8-15-12/h10-12H,3-9H2,1-2H3. The van der Waals surface area contributed by atoms with Crippen molar-refractivity contribution < 1.29 is 14.2 Å². The average molecular weight is 263 g/mol. The zero-order valence-electron chi connectivity index (χ0n) is 10.8. The quantitative estimate of drug-likeness (QED) is 0.544. The summed E-state index contributed by atoms with van der Waals surface area (Å²) in [5, 5.41) is 0. The lowest BCUT2D eigenvalue weighted by Crippen LogP contribution is -2.29. The van der Waals surface area contributed by atoms with Gasteiger partial charge in [0.05, 0.1) is 17.8 Å². The van der Waals surface area contributed by atoms with Crippen molar-refractivity contribution in [2.75, 3.05) is 12.5 Å². The number of hydrogen-bond acceptors (Lipinski definition) is 3. The lowest BCUT2D eigenvalue weighted by molar-refractivity contribution is -0.184. The number of ether oxygens (including phenoxy) is 3. The van der Waals surface area contributed by atoms with E-state index in [1.54, 1.807) is 0 Å². The zero-order chi connectivity index (χ0) is 12.3. The molecule has 2 rings (SSSR count). The maximum absolute atomic E-state index is 5.94. The Morgan fingerprint density at radius 2 is 2.18 bits per heavy atom. The molecule has 3 unspecified atom stereocenters. The molecule has 100 valence electrons. The first kappa shape index (κ1) is 13.6. The van der Waals surface area contributed by atoms with E-state index in [0.717, 1.165) is 32.3 Å². The second-order valence-electron chi connectivity index (χ2n) is 5.50. The van der Waals surface area contributed by atoms with E-state index in [-0.39, 0.29) is 18.0 Å². The van der Waals surface area contributed by atoms with Crippen LogP contribution in [0.15, 0.2) is 0 Å². The van der Waals surface area contributed by atoms with Crippen LogP contribution in [-0.2, 0) is 14.2 Å². The first-order valence-electron chi connectivity index (χ1n) is 6.62. The molecule has 2 heterocycles. The van der Waals surface area contributed by atoms with Crippen molar-refractivity contribution in [3.05, 3.63) is 0 Å². The van der Waals surface area contributed by atoms with Crippen LogP contribution in [-0.4, -0.2) is 36.6 Å². The van der Waals surface area contributed by atoms with Gasteiger partial charge in [-0.3, -0.25) is 0 Å². The van der Waals surface area contributed by atoms with E-state index in [2.05, 4.69) is 13.8 Å². The van der Waals surface area contributed by atoms with Crippen molar-refractivity contribution in [1.82, 2.24) is 0 Å². The molecule has 0 spiro atoms. The lowest BCUT2D eigenvalue weighted by Gasteiger charge is -2.26. The molecule has 3 atom stereocenters. The van der Waals surface area contributed by atoms with Crippen molar-refractivity contribution in [2.24, 2.45) is 0 Å². The van der Waals surface area contributed by atoms with Crippen molar-refractivity contribution in [2.45, 2.75) is 70.1 Å². The van der Waals surface area contributed by atoms with Crippen molar-refractivity contribution in [3.8, 4) is 0 Å². The Labute approximate surface area is 109 Å². The molecule has 3 nitrogen and oxygen atoms in total. The number of rotatable bonds is 6. The van der Waals surface area contributed by atoms with Crippen molar-refractivity contribution >= 4 is 11.6 Å². The maximum atomic E-state index is 5.94. The number of alkyl halides is 1. The summed E-state index contributed by atoms with van der Waals surface area (Å²) in [7, 11) is 0. The summed E-state index contributed by atoms with van der Waals surface area (Å²) in [5.41, 5.74) is 0.0677.